The number of carbonyl (C=O) groups excluding carboxylic acids is 1. The van der Waals surface area contributed by atoms with Gasteiger partial charge in [-0.05, 0) is 12.8 Å². The summed E-state index contributed by atoms with van der Waals surface area (Å²) in [5.41, 5.74) is -0.0664. The fraction of sp³-hybridized carbons (Fsp3) is 0.900. The maximum absolute atomic E-state index is 11.4. The summed E-state index contributed by atoms with van der Waals surface area (Å²) in [6.07, 6.45) is 2.61. The van der Waals surface area contributed by atoms with Crippen molar-refractivity contribution in [1.82, 2.24) is 4.90 Å². The summed E-state index contributed by atoms with van der Waals surface area (Å²) in [5, 5.41) is 9.18. The molecule has 3 nitrogen and oxygen atoms in total. The largest absolute Gasteiger partial charge is 0.396 e. The minimum atomic E-state index is -0.0664. The number of piperidine rings is 1. The molecule has 1 rings (SSSR count). The van der Waals surface area contributed by atoms with Gasteiger partial charge in [0, 0.05) is 24.9 Å². The Kier molecular flexibility index (Phi) is 3.31. The molecule has 1 atom stereocenters. The van der Waals surface area contributed by atoms with Crippen molar-refractivity contribution in [1.29, 1.82) is 0 Å². The van der Waals surface area contributed by atoms with Crippen molar-refractivity contribution in [2.75, 3.05) is 19.7 Å². The Morgan fingerprint density at radius 1 is 1.62 bits per heavy atom. The lowest BCUT2D eigenvalue weighted by Gasteiger charge is -2.39. The van der Waals surface area contributed by atoms with Gasteiger partial charge in [-0.2, -0.15) is 0 Å². The summed E-state index contributed by atoms with van der Waals surface area (Å²) in [5.74, 6) is 0.208. The number of hydrogen-bond acceptors (Lipinski definition) is 2. The summed E-state index contributed by atoms with van der Waals surface area (Å²) in [4.78, 5) is 13.3. The van der Waals surface area contributed by atoms with E-state index in [0.717, 1.165) is 25.9 Å². The van der Waals surface area contributed by atoms with Crippen molar-refractivity contribution in [3.05, 3.63) is 0 Å². The van der Waals surface area contributed by atoms with Crippen molar-refractivity contribution in [3.63, 3.8) is 0 Å². The number of rotatable bonds is 2. The van der Waals surface area contributed by atoms with Crippen LogP contribution in [0.2, 0.25) is 0 Å². The van der Waals surface area contributed by atoms with E-state index in [2.05, 4.69) is 0 Å². The number of likely N-dealkylation sites (tertiary alicyclic amines) is 1. The van der Waals surface area contributed by atoms with Gasteiger partial charge in [-0.3, -0.25) is 4.79 Å². The molecule has 0 aromatic heterocycles. The van der Waals surface area contributed by atoms with Crippen LogP contribution in [0.3, 0.4) is 0 Å². The van der Waals surface area contributed by atoms with Gasteiger partial charge in [-0.1, -0.05) is 13.8 Å². The maximum atomic E-state index is 11.4. The maximum Gasteiger partial charge on any atom is 0.222 e. The predicted molar refractivity (Wildman–Crippen MR) is 51.3 cm³/mol. The molecule has 0 saturated carbocycles. The van der Waals surface area contributed by atoms with Gasteiger partial charge in [0.25, 0.3) is 0 Å². The molecule has 0 bridgehead atoms. The SMILES string of the molecule is CCC(=O)N1CCCC(C)(CO)C1. The first-order valence-corrected chi connectivity index (χ1v) is 5.00. The Morgan fingerprint density at radius 2 is 2.31 bits per heavy atom. The normalized spacial score (nSPS) is 29.0. The molecule has 0 aliphatic carbocycles. The second-order valence-electron chi connectivity index (χ2n) is 4.24. The van der Waals surface area contributed by atoms with Crippen molar-refractivity contribution in [2.24, 2.45) is 5.41 Å². The molecular weight excluding hydrogens is 166 g/mol. The lowest BCUT2D eigenvalue weighted by molar-refractivity contribution is -0.134. The van der Waals surface area contributed by atoms with E-state index in [1.54, 1.807) is 0 Å². The summed E-state index contributed by atoms with van der Waals surface area (Å²) in [6.45, 7) is 5.69. The summed E-state index contributed by atoms with van der Waals surface area (Å²) < 4.78 is 0. The van der Waals surface area contributed by atoms with Crippen LogP contribution in [-0.4, -0.2) is 35.6 Å². The highest BCUT2D eigenvalue weighted by Gasteiger charge is 2.31. The topological polar surface area (TPSA) is 40.5 Å². The molecule has 1 fully saturated rings. The van der Waals surface area contributed by atoms with Gasteiger partial charge in [0.05, 0.1) is 6.61 Å². The minimum absolute atomic E-state index is 0.0664. The fourth-order valence-electron chi connectivity index (χ4n) is 1.88. The molecule has 13 heavy (non-hydrogen) atoms. The smallest absolute Gasteiger partial charge is 0.222 e. The van der Waals surface area contributed by atoms with Crippen molar-refractivity contribution in [3.8, 4) is 0 Å². The van der Waals surface area contributed by atoms with E-state index >= 15 is 0 Å². The van der Waals surface area contributed by atoms with Crippen LogP contribution in [0.15, 0.2) is 0 Å². The molecule has 1 heterocycles. The molecular formula is C10H19NO2. The molecule has 1 amide bonds. The van der Waals surface area contributed by atoms with Crippen molar-refractivity contribution < 1.29 is 9.90 Å². The van der Waals surface area contributed by atoms with E-state index in [1.165, 1.54) is 0 Å². The zero-order valence-corrected chi connectivity index (χ0v) is 8.55. The number of hydrogen-bond donors (Lipinski definition) is 1. The quantitative estimate of drug-likeness (QED) is 0.697. The lowest BCUT2D eigenvalue weighted by Crippen LogP contribution is -2.46. The van der Waals surface area contributed by atoms with Crippen LogP contribution in [0.5, 0.6) is 0 Å². The van der Waals surface area contributed by atoms with Gasteiger partial charge >= 0.3 is 0 Å². The fourth-order valence-corrected chi connectivity index (χ4v) is 1.88. The molecule has 1 unspecified atom stereocenters. The lowest BCUT2D eigenvalue weighted by atomic mass is 9.83. The number of aliphatic hydroxyl groups is 1. The second-order valence-corrected chi connectivity index (χ2v) is 4.24. The van der Waals surface area contributed by atoms with E-state index in [9.17, 15) is 9.90 Å². The minimum Gasteiger partial charge on any atom is -0.396 e. The molecule has 1 aliphatic rings. The Labute approximate surface area is 79.7 Å². The molecule has 0 radical (unpaired) electrons. The highest BCUT2D eigenvalue weighted by Crippen LogP contribution is 2.28. The summed E-state index contributed by atoms with van der Waals surface area (Å²) >= 11 is 0. The van der Waals surface area contributed by atoms with Crippen LogP contribution in [0.4, 0.5) is 0 Å². The third-order valence-corrected chi connectivity index (χ3v) is 2.82. The number of nitrogens with zero attached hydrogens (tertiary/aromatic N) is 1. The van der Waals surface area contributed by atoms with Crippen LogP contribution in [-0.2, 0) is 4.79 Å². The standard InChI is InChI=1S/C10H19NO2/c1-3-9(13)11-6-4-5-10(2,7-11)8-12/h12H,3-8H2,1-2H3. The first kappa shape index (κ1) is 10.5. The van der Waals surface area contributed by atoms with Gasteiger partial charge in [-0.15, -0.1) is 0 Å². The van der Waals surface area contributed by atoms with Gasteiger partial charge < -0.3 is 10.0 Å². The molecule has 1 saturated heterocycles. The second kappa shape index (κ2) is 4.09. The Hall–Kier alpha value is -0.570. The highest BCUT2D eigenvalue weighted by molar-refractivity contribution is 5.75. The van der Waals surface area contributed by atoms with E-state index < -0.39 is 0 Å². The van der Waals surface area contributed by atoms with E-state index in [4.69, 9.17) is 0 Å². The zero-order chi connectivity index (χ0) is 9.90. The Bertz CT molecular complexity index is 193. The number of carbonyl (C=O) groups is 1. The van der Waals surface area contributed by atoms with Gasteiger partial charge in [-0.25, -0.2) is 0 Å². The predicted octanol–water partition coefficient (Wildman–Crippen LogP) is 1.02. The molecule has 1 N–H and O–H groups in total. The zero-order valence-electron chi connectivity index (χ0n) is 8.55. The highest BCUT2D eigenvalue weighted by atomic mass is 16.3. The summed E-state index contributed by atoms with van der Waals surface area (Å²) in [7, 11) is 0. The van der Waals surface area contributed by atoms with Crippen LogP contribution in [0.1, 0.15) is 33.1 Å². The van der Waals surface area contributed by atoms with Gasteiger partial charge in [0.2, 0.25) is 5.91 Å². The molecule has 0 spiro atoms. The molecule has 0 aromatic rings. The number of aliphatic hydroxyl groups excluding tert-OH is 1. The monoisotopic (exact) mass is 185 g/mol. The first-order valence-electron chi connectivity index (χ1n) is 5.00. The first-order chi connectivity index (χ1) is 6.11. The van der Waals surface area contributed by atoms with Crippen molar-refractivity contribution in [2.45, 2.75) is 33.1 Å². The summed E-state index contributed by atoms with van der Waals surface area (Å²) in [6, 6.07) is 0. The Morgan fingerprint density at radius 3 is 2.85 bits per heavy atom. The molecule has 0 aromatic carbocycles. The molecule has 3 heteroatoms. The molecule has 76 valence electrons. The average molecular weight is 185 g/mol. The van der Waals surface area contributed by atoms with E-state index in [0.29, 0.717) is 6.42 Å². The van der Waals surface area contributed by atoms with Gasteiger partial charge in [0.15, 0.2) is 0 Å². The molecule has 1 aliphatic heterocycles. The number of amides is 1. The Balaban J connectivity index is 2.56. The van der Waals surface area contributed by atoms with Crippen LogP contribution >= 0.6 is 0 Å². The van der Waals surface area contributed by atoms with Gasteiger partial charge in [0.1, 0.15) is 0 Å². The van der Waals surface area contributed by atoms with Crippen LogP contribution < -0.4 is 0 Å². The van der Waals surface area contributed by atoms with E-state index in [-0.39, 0.29) is 17.9 Å². The van der Waals surface area contributed by atoms with Crippen LogP contribution in [0, 0.1) is 5.41 Å². The van der Waals surface area contributed by atoms with Crippen LogP contribution in [0.25, 0.3) is 0 Å². The van der Waals surface area contributed by atoms with Crippen molar-refractivity contribution >= 4 is 5.91 Å². The third-order valence-electron chi connectivity index (χ3n) is 2.82. The average Bonchev–Trinajstić information content (AvgIpc) is 2.17. The third kappa shape index (κ3) is 2.44. The van der Waals surface area contributed by atoms with E-state index in [1.807, 2.05) is 18.7 Å².